The molecule has 0 aromatic heterocycles. The van der Waals surface area contributed by atoms with Gasteiger partial charge in [0.05, 0.1) is 6.10 Å². The van der Waals surface area contributed by atoms with E-state index in [1.807, 2.05) is 6.92 Å². The van der Waals surface area contributed by atoms with Crippen LogP contribution in [0.3, 0.4) is 0 Å². The lowest BCUT2D eigenvalue weighted by Gasteiger charge is -2.33. The summed E-state index contributed by atoms with van der Waals surface area (Å²) in [5.41, 5.74) is -0.485. The number of aliphatic carboxylic acids is 1. The van der Waals surface area contributed by atoms with Crippen molar-refractivity contribution in [1.29, 1.82) is 0 Å². The highest BCUT2D eigenvalue weighted by molar-refractivity contribution is 5.87. The molecule has 0 saturated heterocycles. The van der Waals surface area contributed by atoms with Crippen LogP contribution < -0.4 is 5.32 Å². The van der Waals surface area contributed by atoms with Crippen molar-refractivity contribution in [1.82, 2.24) is 5.32 Å². The van der Waals surface area contributed by atoms with Gasteiger partial charge >= 0.3 is 5.97 Å². The molecule has 0 radical (unpaired) electrons. The zero-order chi connectivity index (χ0) is 13.1. The van der Waals surface area contributed by atoms with Crippen LogP contribution in [0.2, 0.25) is 0 Å². The molecule has 5 nitrogen and oxygen atoms in total. The predicted octanol–water partition coefficient (Wildman–Crippen LogP) is 0.907. The molecule has 0 spiro atoms. The number of carbonyl (C=O) groups is 2. The van der Waals surface area contributed by atoms with E-state index in [0.717, 1.165) is 32.1 Å². The summed E-state index contributed by atoms with van der Waals surface area (Å²) in [5, 5.41) is 20.7. The Kier molecular flexibility index (Phi) is 4.51. The Hall–Kier alpha value is -1.10. The van der Waals surface area contributed by atoms with Gasteiger partial charge in [0.25, 0.3) is 0 Å². The Labute approximate surface area is 101 Å². The van der Waals surface area contributed by atoms with Gasteiger partial charge < -0.3 is 15.5 Å². The molecule has 1 saturated carbocycles. The number of aliphatic hydroxyl groups excluding tert-OH is 1. The molecular weight excluding hydrogens is 222 g/mol. The average Bonchev–Trinajstić information content (AvgIpc) is 2.25. The fraction of sp³-hybridized carbons (Fsp3) is 0.833. The molecule has 1 fully saturated rings. The standard InChI is InChI=1S/C12H21NO4/c1-8(14)9(10(15)16)13-11(17)12(2)6-4-3-5-7-12/h8-9,14H,3-7H2,1-2H3,(H,13,17)(H,15,16). The fourth-order valence-electron chi connectivity index (χ4n) is 2.26. The number of rotatable bonds is 4. The van der Waals surface area contributed by atoms with E-state index >= 15 is 0 Å². The Morgan fingerprint density at radius 2 is 1.76 bits per heavy atom. The van der Waals surface area contributed by atoms with Crippen molar-refractivity contribution in [2.45, 2.75) is 58.1 Å². The third-order valence-corrected chi connectivity index (χ3v) is 3.54. The van der Waals surface area contributed by atoms with E-state index in [9.17, 15) is 14.7 Å². The summed E-state index contributed by atoms with van der Waals surface area (Å²) < 4.78 is 0. The molecular formula is C12H21NO4. The highest BCUT2D eigenvalue weighted by atomic mass is 16.4. The first-order valence-corrected chi connectivity index (χ1v) is 6.09. The first-order valence-electron chi connectivity index (χ1n) is 6.09. The van der Waals surface area contributed by atoms with Gasteiger partial charge in [0, 0.05) is 5.41 Å². The molecule has 1 rings (SSSR count). The van der Waals surface area contributed by atoms with Crippen LogP contribution in [-0.4, -0.2) is 34.2 Å². The number of carboxylic acid groups (broad SMARTS) is 1. The van der Waals surface area contributed by atoms with Crippen molar-refractivity contribution in [3.63, 3.8) is 0 Å². The van der Waals surface area contributed by atoms with Crippen LogP contribution in [0, 0.1) is 5.41 Å². The molecule has 1 aliphatic carbocycles. The molecule has 98 valence electrons. The summed E-state index contributed by atoms with van der Waals surface area (Å²) >= 11 is 0. The van der Waals surface area contributed by atoms with Gasteiger partial charge in [-0.2, -0.15) is 0 Å². The second kappa shape index (κ2) is 5.49. The van der Waals surface area contributed by atoms with E-state index in [1.54, 1.807) is 0 Å². The van der Waals surface area contributed by atoms with Gasteiger partial charge in [-0.1, -0.05) is 26.2 Å². The number of hydrogen-bond donors (Lipinski definition) is 3. The maximum Gasteiger partial charge on any atom is 0.328 e. The van der Waals surface area contributed by atoms with E-state index in [-0.39, 0.29) is 5.91 Å². The van der Waals surface area contributed by atoms with Crippen molar-refractivity contribution < 1.29 is 19.8 Å². The second-order valence-corrected chi connectivity index (χ2v) is 5.15. The molecule has 2 atom stereocenters. The molecule has 17 heavy (non-hydrogen) atoms. The third kappa shape index (κ3) is 3.43. The van der Waals surface area contributed by atoms with Crippen molar-refractivity contribution in [3.05, 3.63) is 0 Å². The molecule has 3 N–H and O–H groups in total. The summed E-state index contributed by atoms with van der Waals surface area (Å²) in [6, 6.07) is -1.22. The highest BCUT2D eigenvalue weighted by Gasteiger charge is 2.37. The van der Waals surface area contributed by atoms with Gasteiger partial charge in [-0.15, -0.1) is 0 Å². The fourth-order valence-corrected chi connectivity index (χ4v) is 2.26. The normalized spacial score (nSPS) is 22.5. The first kappa shape index (κ1) is 14.0. The zero-order valence-corrected chi connectivity index (χ0v) is 10.4. The number of aliphatic hydroxyl groups is 1. The van der Waals surface area contributed by atoms with Gasteiger partial charge in [0.2, 0.25) is 5.91 Å². The first-order chi connectivity index (χ1) is 7.87. The Bertz CT molecular complexity index is 295. The minimum atomic E-state index is -1.22. The molecule has 0 bridgehead atoms. The van der Waals surface area contributed by atoms with Crippen molar-refractivity contribution in [2.75, 3.05) is 0 Å². The lowest BCUT2D eigenvalue weighted by Crippen LogP contribution is -2.52. The maximum atomic E-state index is 12.1. The smallest absolute Gasteiger partial charge is 0.328 e. The van der Waals surface area contributed by atoms with Crippen LogP contribution in [0.4, 0.5) is 0 Å². The second-order valence-electron chi connectivity index (χ2n) is 5.15. The summed E-state index contributed by atoms with van der Waals surface area (Å²) in [7, 11) is 0. The minimum absolute atomic E-state index is 0.259. The van der Waals surface area contributed by atoms with Crippen LogP contribution in [-0.2, 0) is 9.59 Å². The lowest BCUT2D eigenvalue weighted by atomic mass is 9.75. The Balaban J connectivity index is 2.66. The van der Waals surface area contributed by atoms with Gasteiger partial charge in [0.15, 0.2) is 6.04 Å². The number of carboxylic acids is 1. The SMILES string of the molecule is CC(O)C(NC(=O)C1(C)CCCCC1)C(=O)O. The minimum Gasteiger partial charge on any atom is -0.480 e. The molecule has 0 heterocycles. The monoisotopic (exact) mass is 243 g/mol. The molecule has 0 aliphatic heterocycles. The summed E-state index contributed by atoms with van der Waals surface area (Å²) in [5.74, 6) is -1.46. The largest absolute Gasteiger partial charge is 0.480 e. The average molecular weight is 243 g/mol. The van der Waals surface area contributed by atoms with E-state index < -0.39 is 23.5 Å². The topological polar surface area (TPSA) is 86.6 Å². The van der Waals surface area contributed by atoms with Crippen LogP contribution in [0.1, 0.15) is 46.0 Å². The van der Waals surface area contributed by atoms with Crippen molar-refractivity contribution in [2.24, 2.45) is 5.41 Å². The molecule has 1 aliphatic rings. The molecule has 0 aromatic rings. The molecule has 0 aromatic carbocycles. The van der Waals surface area contributed by atoms with Crippen molar-refractivity contribution in [3.8, 4) is 0 Å². The summed E-state index contributed by atoms with van der Waals surface area (Å²) in [6.45, 7) is 3.23. The highest BCUT2D eigenvalue weighted by Crippen LogP contribution is 2.35. The van der Waals surface area contributed by atoms with Gasteiger partial charge in [-0.3, -0.25) is 4.79 Å². The number of nitrogens with one attached hydrogen (secondary N) is 1. The Morgan fingerprint density at radius 1 is 1.24 bits per heavy atom. The number of amides is 1. The molecule has 5 heteroatoms. The number of carbonyl (C=O) groups excluding carboxylic acids is 1. The lowest BCUT2D eigenvalue weighted by molar-refractivity contribution is -0.147. The van der Waals surface area contributed by atoms with Crippen LogP contribution in [0.15, 0.2) is 0 Å². The van der Waals surface area contributed by atoms with Gasteiger partial charge in [-0.25, -0.2) is 4.79 Å². The quantitative estimate of drug-likeness (QED) is 0.685. The van der Waals surface area contributed by atoms with Crippen LogP contribution >= 0.6 is 0 Å². The summed E-state index contributed by atoms with van der Waals surface area (Å²) in [4.78, 5) is 22.9. The number of hydrogen-bond acceptors (Lipinski definition) is 3. The van der Waals surface area contributed by atoms with Crippen LogP contribution in [0.5, 0.6) is 0 Å². The zero-order valence-electron chi connectivity index (χ0n) is 10.4. The van der Waals surface area contributed by atoms with Crippen molar-refractivity contribution >= 4 is 11.9 Å². The van der Waals surface area contributed by atoms with Gasteiger partial charge in [0.1, 0.15) is 0 Å². The molecule has 2 unspecified atom stereocenters. The van der Waals surface area contributed by atoms with E-state index in [2.05, 4.69) is 5.32 Å². The summed E-state index contributed by atoms with van der Waals surface area (Å²) in [6.07, 6.45) is 3.59. The predicted molar refractivity (Wildman–Crippen MR) is 62.4 cm³/mol. The van der Waals surface area contributed by atoms with E-state index in [4.69, 9.17) is 5.11 Å². The van der Waals surface area contributed by atoms with Gasteiger partial charge in [-0.05, 0) is 19.8 Å². The maximum absolute atomic E-state index is 12.1. The van der Waals surface area contributed by atoms with Crippen LogP contribution in [0.25, 0.3) is 0 Å². The molecule has 1 amide bonds. The van der Waals surface area contributed by atoms with E-state index in [0.29, 0.717) is 0 Å². The third-order valence-electron chi connectivity index (χ3n) is 3.54. The Morgan fingerprint density at radius 3 is 2.18 bits per heavy atom. The van der Waals surface area contributed by atoms with E-state index in [1.165, 1.54) is 6.92 Å².